The number of nitrogens with zero attached hydrogens (tertiary/aromatic N) is 4. The van der Waals surface area contributed by atoms with E-state index >= 15 is 0 Å². The number of aliphatic carboxylic acids is 1. The van der Waals surface area contributed by atoms with E-state index in [2.05, 4.69) is 10.2 Å². The molecule has 7 nitrogen and oxygen atoms in total. The molecule has 1 aromatic heterocycles. The molecule has 1 unspecified atom stereocenters. The number of carbonyl (C=O) groups excluding carboxylic acids is 1. The highest BCUT2D eigenvalue weighted by molar-refractivity contribution is 5.95. The molecule has 2 heterocycles. The van der Waals surface area contributed by atoms with E-state index in [9.17, 15) is 14.7 Å². The minimum absolute atomic E-state index is 0.187. The average Bonchev–Trinajstić information content (AvgIpc) is 2.72. The van der Waals surface area contributed by atoms with Gasteiger partial charge in [0.25, 0.3) is 5.91 Å². The van der Waals surface area contributed by atoms with Crippen LogP contribution in [-0.4, -0.2) is 49.5 Å². The van der Waals surface area contributed by atoms with E-state index in [-0.39, 0.29) is 11.6 Å². The Bertz CT molecular complexity index is 509. The molecule has 1 aliphatic rings. The second-order valence-corrected chi connectivity index (χ2v) is 5.55. The molecule has 0 saturated carbocycles. The van der Waals surface area contributed by atoms with Gasteiger partial charge in [0, 0.05) is 13.6 Å². The number of hydrogen-bond donors (Lipinski definition) is 1. The van der Waals surface area contributed by atoms with Gasteiger partial charge in [0.15, 0.2) is 5.69 Å². The van der Waals surface area contributed by atoms with E-state index in [4.69, 9.17) is 0 Å². The number of carboxylic acid groups (broad SMARTS) is 1. The van der Waals surface area contributed by atoms with Crippen LogP contribution in [0.2, 0.25) is 0 Å². The van der Waals surface area contributed by atoms with Gasteiger partial charge in [-0.2, -0.15) is 9.90 Å². The fourth-order valence-electron chi connectivity index (χ4n) is 2.67. The molecule has 1 amide bonds. The third-order valence-corrected chi connectivity index (χ3v) is 3.59. The van der Waals surface area contributed by atoms with Gasteiger partial charge >= 0.3 is 5.97 Å². The number of carboxylic acids is 1. The Hall–Kier alpha value is -1.92. The Morgan fingerprint density at radius 3 is 2.68 bits per heavy atom. The van der Waals surface area contributed by atoms with Crippen molar-refractivity contribution < 1.29 is 14.7 Å². The summed E-state index contributed by atoms with van der Waals surface area (Å²) in [5.74, 6) is -1.34. The lowest BCUT2D eigenvalue weighted by atomic mass is 9.76. The van der Waals surface area contributed by atoms with Crippen LogP contribution in [0.5, 0.6) is 0 Å². The Labute approximate surface area is 111 Å². The molecule has 1 atom stereocenters. The summed E-state index contributed by atoms with van der Waals surface area (Å²) in [4.78, 5) is 26.5. The maximum atomic E-state index is 12.4. The number of hydrogen-bond acceptors (Lipinski definition) is 4. The van der Waals surface area contributed by atoms with E-state index in [1.807, 2.05) is 13.8 Å². The van der Waals surface area contributed by atoms with E-state index in [1.165, 1.54) is 15.9 Å². The first-order valence-corrected chi connectivity index (χ1v) is 6.23. The van der Waals surface area contributed by atoms with Crippen molar-refractivity contribution in [3.63, 3.8) is 0 Å². The van der Waals surface area contributed by atoms with Crippen molar-refractivity contribution in [1.29, 1.82) is 0 Å². The molecule has 7 heteroatoms. The van der Waals surface area contributed by atoms with Crippen LogP contribution in [0.3, 0.4) is 0 Å². The van der Waals surface area contributed by atoms with Crippen molar-refractivity contribution in [2.24, 2.45) is 12.5 Å². The van der Waals surface area contributed by atoms with Crippen molar-refractivity contribution in [2.75, 3.05) is 6.54 Å². The summed E-state index contributed by atoms with van der Waals surface area (Å²) in [6.07, 6.45) is 2.94. The second-order valence-electron chi connectivity index (χ2n) is 5.55. The Morgan fingerprint density at radius 1 is 1.47 bits per heavy atom. The molecule has 0 aliphatic carbocycles. The quantitative estimate of drug-likeness (QED) is 0.843. The van der Waals surface area contributed by atoms with Crippen molar-refractivity contribution in [3.05, 3.63) is 11.9 Å². The molecule has 104 valence electrons. The monoisotopic (exact) mass is 266 g/mol. The molecule has 2 rings (SSSR count). The van der Waals surface area contributed by atoms with Crippen LogP contribution in [0.4, 0.5) is 0 Å². The smallest absolute Gasteiger partial charge is 0.326 e. The zero-order valence-corrected chi connectivity index (χ0v) is 11.3. The van der Waals surface area contributed by atoms with Crippen molar-refractivity contribution in [1.82, 2.24) is 19.9 Å². The SMILES string of the molecule is Cn1ncc(C(=O)N2CCCC(C)(C)C2C(=O)O)n1. The van der Waals surface area contributed by atoms with Crippen LogP contribution in [0.1, 0.15) is 37.2 Å². The number of aryl methyl sites for hydroxylation is 1. The van der Waals surface area contributed by atoms with E-state index in [0.29, 0.717) is 6.54 Å². The normalized spacial score (nSPS) is 22.3. The number of aromatic nitrogens is 3. The van der Waals surface area contributed by atoms with E-state index in [0.717, 1.165) is 12.8 Å². The number of likely N-dealkylation sites (tertiary alicyclic amines) is 1. The molecule has 1 aromatic rings. The van der Waals surface area contributed by atoms with E-state index < -0.39 is 17.4 Å². The highest BCUT2D eigenvalue weighted by Crippen LogP contribution is 2.35. The van der Waals surface area contributed by atoms with Gasteiger partial charge in [-0.05, 0) is 18.3 Å². The lowest BCUT2D eigenvalue weighted by Crippen LogP contribution is -2.56. The Kier molecular flexibility index (Phi) is 3.30. The maximum Gasteiger partial charge on any atom is 0.326 e. The maximum absolute atomic E-state index is 12.4. The number of piperidine rings is 1. The number of amides is 1. The summed E-state index contributed by atoms with van der Waals surface area (Å²) in [6.45, 7) is 4.19. The first-order valence-electron chi connectivity index (χ1n) is 6.23. The lowest BCUT2D eigenvalue weighted by molar-refractivity contribution is -0.148. The predicted octanol–water partition coefficient (Wildman–Crippen LogP) is 0.531. The molecular weight excluding hydrogens is 248 g/mol. The summed E-state index contributed by atoms with van der Waals surface area (Å²) in [5.41, 5.74) is -0.256. The topological polar surface area (TPSA) is 88.3 Å². The average molecular weight is 266 g/mol. The van der Waals surface area contributed by atoms with Gasteiger partial charge in [0.1, 0.15) is 6.04 Å². The highest BCUT2D eigenvalue weighted by atomic mass is 16.4. The van der Waals surface area contributed by atoms with Gasteiger partial charge in [0.05, 0.1) is 6.20 Å². The highest BCUT2D eigenvalue weighted by Gasteiger charge is 2.45. The van der Waals surface area contributed by atoms with Gasteiger partial charge < -0.3 is 10.0 Å². The zero-order chi connectivity index (χ0) is 14.2. The Morgan fingerprint density at radius 2 is 2.16 bits per heavy atom. The molecule has 0 spiro atoms. The van der Waals surface area contributed by atoms with E-state index in [1.54, 1.807) is 7.05 Å². The first kappa shape index (κ1) is 13.5. The fraction of sp³-hybridized carbons (Fsp3) is 0.667. The second kappa shape index (κ2) is 4.64. The number of rotatable bonds is 2. The molecule has 1 fully saturated rings. The van der Waals surface area contributed by atoms with Crippen LogP contribution in [0.15, 0.2) is 6.20 Å². The minimum Gasteiger partial charge on any atom is -0.480 e. The van der Waals surface area contributed by atoms with Crippen LogP contribution in [0, 0.1) is 5.41 Å². The molecular formula is C12H18N4O3. The standard InChI is InChI=1S/C12H18N4O3/c1-12(2)5-4-6-16(9(12)11(18)19)10(17)8-7-13-15(3)14-8/h7,9H,4-6H2,1-3H3,(H,18,19). The summed E-state index contributed by atoms with van der Waals surface area (Å²) in [7, 11) is 1.62. The summed E-state index contributed by atoms with van der Waals surface area (Å²) >= 11 is 0. The molecule has 1 N–H and O–H groups in total. The molecule has 19 heavy (non-hydrogen) atoms. The predicted molar refractivity (Wildman–Crippen MR) is 66.5 cm³/mol. The van der Waals surface area contributed by atoms with Crippen LogP contribution in [0.25, 0.3) is 0 Å². The fourth-order valence-corrected chi connectivity index (χ4v) is 2.67. The van der Waals surface area contributed by atoms with Crippen molar-refractivity contribution in [3.8, 4) is 0 Å². The minimum atomic E-state index is -0.970. The zero-order valence-electron chi connectivity index (χ0n) is 11.3. The van der Waals surface area contributed by atoms with Gasteiger partial charge in [-0.15, -0.1) is 5.10 Å². The molecule has 0 bridgehead atoms. The van der Waals surface area contributed by atoms with Crippen LogP contribution in [-0.2, 0) is 11.8 Å². The molecule has 1 saturated heterocycles. The first-order chi connectivity index (χ1) is 8.83. The van der Waals surface area contributed by atoms with Gasteiger partial charge in [-0.1, -0.05) is 13.8 Å². The largest absolute Gasteiger partial charge is 0.480 e. The van der Waals surface area contributed by atoms with Gasteiger partial charge in [-0.3, -0.25) is 4.79 Å². The molecule has 1 aliphatic heterocycles. The third kappa shape index (κ3) is 2.45. The molecule has 0 radical (unpaired) electrons. The van der Waals surface area contributed by atoms with Gasteiger partial charge in [-0.25, -0.2) is 4.79 Å². The van der Waals surface area contributed by atoms with Crippen LogP contribution >= 0.6 is 0 Å². The van der Waals surface area contributed by atoms with Gasteiger partial charge in [0.2, 0.25) is 0 Å². The number of carbonyl (C=O) groups is 2. The van der Waals surface area contributed by atoms with Crippen LogP contribution < -0.4 is 0 Å². The third-order valence-electron chi connectivity index (χ3n) is 3.59. The van der Waals surface area contributed by atoms with Crippen molar-refractivity contribution >= 4 is 11.9 Å². The summed E-state index contributed by atoms with van der Waals surface area (Å²) in [6, 6.07) is -0.823. The molecule has 0 aromatic carbocycles. The summed E-state index contributed by atoms with van der Waals surface area (Å²) in [5, 5.41) is 17.2. The lowest BCUT2D eigenvalue weighted by Gasteiger charge is -2.43. The Balaban J connectivity index is 2.31. The summed E-state index contributed by atoms with van der Waals surface area (Å²) < 4.78 is 0. The van der Waals surface area contributed by atoms with Crippen molar-refractivity contribution in [2.45, 2.75) is 32.7 Å².